The molecule has 1 aliphatic rings. The Labute approximate surface area is 155 Å². The number of rotatable bonds is 5. The summed E-state index contributed by atoms with van der Waals surface area (Å²) in [7, 11) is 0. The van der Waals surface area contributed by atoms with Gasteiger partial charge in [-0.3, -0.25) is 9.88 Å². The van der Waals surface area contributed by atoms with Gasteiger partial charge in [0.05, 0.1) is 17.7 Å². The van der Waals surface area contributed by atoms with Gasteiger partial charge in [-0.15, -0.1) is 0 Å². The van der Waals surface area contributed by atoms with E-state index in [1.807, 2.05) is 6.07 Å². The standard InChI is InChI=1S/C19H18N4O4/c24-15-8-16(18-21-17(22-27-18)14-2-1-7-20-9-14)23(11-15)10-12-3-5-13(6-4-12)19(25)26/h1-7,9,15-16,24H,8,10-11H2,(H,25,26). The third-order valence-electron chi connectivity index (χ3n) is 4.61. The maximum atomic E-state index is 11.0. The Balaban J connectivity index is 1.53. The molecule has 0 amide bonds. The number of hydrogen-bond donors (Lipinski definition) is 2. The Hall–Kier alpha value is -3.10. The number of β-amino-alcohol motifs (C(OH)–C–C–N with tert-alkyl or cyclic N) is 1. The fourth-order valence-corrected chi connectivity index (χ4v) is 3.28. The summed E-state index contributed by atoms with van der Waals surface area (Å²) in [5.41, 5.74) is 1.96. The van der Waals surface area contributed by atoms with E-state index in [1.165, 1.54) is 0 Å². The van der Waals surface area contributed by atoms with Crippen LogP contribution in [-0.2, 0) is 6.54 Å². The summed E-state index contributed by atoms with van der Waals surface area (Å²) in [5.74, 6) is -0.0392. The zero-order chi connectivity index (χ0) is 18.8. The first kappa shape index (κ1) is 17.3. The van der Waals surface area contributed by atoms with E-state index in [9.17, 15) is 9.90 Å². The van der Waals surface area contributed by atoms with Crippen LogP contribution in [0.3, 0.4) is 0 Å². The van der Waals surface area contributed by atoms with Crippen LogP contribution >= 0.6 is 0 Å². The summed E-state index contributed by atoms with van der Waals surface area (Å²) in [6.45, 7) is 1.03. The third kappa shape index (κ3) is 3.71. The minimum Gasteiger partial charge on any atom is -0.478 e. The average Bonchev–Trinajstić information content (AvgIpc) is 3.29. The number of benzene rings is 1. The van der Waals surface area contributed by atoms with Crippen LogP contribution in [0.5, 0.6) is 0 Å². The quantitative estimate of drug-likeness (QED) is 0.706. The number of aromatic nitrogens is 3. The number of likely N-dealkylation sites (tertiary alicyclic amines) is 1. The van der Waals surface area contributed by atoms with Gasteiger partial charge in [0.1, 0.15) is 0 Å². The molecule has 2 atom stereocenters. The molecule has 8 heteroatoms. The Morgan fingerprint density at radius 3 is 2.78 bits per heavy atom. The van der Waals surface area contributed by atoms with Gasteiger partial charge >= 0.3 is 5.97 Å². The van der Waals surface area contributed by atoms with Gasteiger partial charge in [-0.2, -0.15) is 4.98 Å². The number of hydrogen-bond acceptors (Lipinski definition) is 7. The van der Waals surface area contributed by atoms with Gasteiger partial charge in [-0.1, -0.05) is 17.3 Å². The number of aliphatic hydroxyl groups is 1. The van der Waals surface area contributed by atoms with E-state index in [4.69, 9.17) is 9.63 Å². The van der Waals surface area contributed by atoms with E-state index in [2.05, 4.69) is 20.0 Å². The van der Waals surface area contributed by atoms with Crippen molar-refractivity contribution in [2.75, 3.05) is 6.54 Å². The second-order valence-corrected chi connectivity index (χ2v) is 6.53. The van der Waals surface area contributed by atoms with Gasteiger partial charge in [0, 0.05) is 31.0 Å². The third-order valence-corrected chi connectivity index (χ3v) is 4.61. The second kappa shape index (κ2) is 7.26. The first-order valence-electron chi connectivity index (χ1n) is 8.58. The molecule has 0 radical (unpaired) electrons. The van der Waals surface area contributed by atoms with Crippen molar-refractivity contribution in [3.05, 3.63) is 65.8 Å². The molecule has 4 rings (SSSR count). The fraction of sp³-hybridized carbons (Fsp3) is 0.263. The molecule has 27 heavy (non-hydrogen) atoms. The molecule has 1 aliphatic heterocycles. The molecule has 0 spiro atoms. The Bertz CT molecular complexity index is 926. The smallest absolute Gasteiger partial charge is 0.335 e. The van der Waals surface area contributed by atoms with Crippen molar-refractivity contribution in [2.45, 2.75) is 25.1 Å². The van der Waals surface area contributed by atoms with Crippen molar-refractivity contribution in [1.82, 2.24) is 20.0 Å². The number of carbonyl (C=O) groups is 1. The molecule has 2 N–H and O–H groups in total. The monoisotopic (exact) mass is 366 g/mol. The molecule has 1 aromatic carbocycles. The van der Waals surface area contributed by atoms with Crippen LogP contribution in [0.4, 0.5) is 0 Å². The maximum absolute atomic E-state index is 11.0. The molecular weight excluding hydrogens is 348 g/mol. The van der Waals surface area contributed by atoms with Crippen LogP contribution in [0.1, 0.15) is 34.3 Å². The van der Waals surface area contributed by atoms with Crippen molar-refractivity contribution in [1.29, 1.82) is 0 Å². The lowest BCUT2D eigenvalue weighted by Gasteiger charge is -2.21. The van der Waals surface area contributed by atoms with Crippen molar-refractivity contribution in [3.63, 3.8) is 0 Å². The predicted molar refractivity (Wildman–Crippen MR) is 94.7 cm³/mol. The highest BCUT2D eigenvalue weighted by atomic mass is 16.5. The summed E-state index contributed by atoms with van der Waals surface area (Å²) in [4.78, 5) is 21.6. The largest absolute Gasteiger partial charge is 0.478 e. The molecule has 0 aliphatic carbocycles. The molecular formula is C19H18N4O4. The molecule has 138 valence electrons. The molecule has 8 nitrogen and oxygen atoms in total. The van der Waals surface area contributed by atoms with E-state index in [1.54, 1.807) is 42.7 Å². The van der Waals surface area contributed by atoms with Crippen LogP contribution in [0.2, 0.25) is 0 Å². The highest BCUT2D eigenvalue weighted by molar-refractivity contribution is 5.87. The topological polar surface area (TPSA) is 113 Å². The van der Waals surface area contributed by atoms with Gasteiger partial charge < -0.3 is 14.7 Å². The summed E-state index contributed by atoms with van der Waals surface area (Å²) >= 11 is 0. The average molecular weight is 366 g/mol. The van der Waals surface area contributed by atoms with Crippen molar-refractivity contribution in [2.24, 2.45) is 0 Å². The van der Waals surface area contributed by atoms with Crippen molar-refractivity contribution in [3.8, 4) is 11.4 Å². The number of carboxylic acid groups (broad SMARTS) is 1. The molecule has 1 saturated heterocycles. The van der Waals surface area contributed by atoms with Crippen LogP contribution in [0.25, 0.3) is 11.4 Å². The number of carboxylic acids is 1. The van der Waals surface area contributed by atoms with E-state index in [0.29, 0.717) is 31.2 Å². The lowest BCUT2D eigenvalue weighted by atomic mass is 10.1. The molecule has 0 bridgehead atoms. The van der Waals surface area contributed by atoms with Crippen LogP contribution in [-0.4, -0.2) is 48.9 Å². The minimum absolute atomic E-state index is 0.197. The molecule has 1 fully saturated rings. The minimum atomic E-state index is -0.954. The first-order valence-corrected chi connectivity index (χ1v) is 8.58. The lowest BCUT2D eigenvalue weighted by molar-refractivity contribution is 0.0697. The van der Waals surface area contributed by atoms with Crippen molar-refractivity contribution >= 4 is 5.97 Å². The van der Waals surface area contributed by atoms with Gasteiger partial charge in [-0.25, -0.2) is 4.79 Å². The van der Waals surface area contributed by atoms with Gasteiger partial charge in [0.15, 0.2) is 0 Å². The molecule has 2 aromatic heterocycles. The summed E-state index contributed by atoms with van der Waals surface area (Å²) in [6, 6.07) is 10.2. The summed E-state index contributed by atoms with van der Waals surface area (Å²) in [5, 5.41) is 23.2. The molecule has 0 saturated carbocycles. The Morgan fingerprint density at radius 1 is 1.26 bits per heavy atom. The number of aromatic carboxylic acids is 1. The van der Waals surface area contributed by atoms with Crippen LogP contribution < -0.4 is 0 Å². The van der Waals surface area contributed by atoms with E-state index < -0.39 is 12.1 Å². The second-order valence-electron chi connectivity index (χ2n) is 6.53. The van der Waals surface area contributed by atoms with E-state index >= 15 is 0 Å². The Kier molecular flexibility index (Phi) is 4.66. The fourth-order valence-electron chi connectivity index (χ4n) is 3.28. The predicted octanol–water partition coefficient (Wildman–Crippen LogP) is 2.14. The number of nitrogens with zero attached hydrogens (tertiary/aromatic N) is 4. The summed E-state index contributed by atoms with van der Waals surface area (Å²) < 4.78 is 5.45. The SMILES string of the molecule is O=C(O)c1ccc(CN2CC(O)CC2c2nc(-c3cccnc3)no2)cc1. The van der Waals surface area contributed by atoms with Crippen molar-refractivity contribution < 1.29 is 19.5 Å². The van der Waals surface area contributed by atoms with Gasteiger partial charge in [0.2, 0.25) is 11.7 Å². The van der Waals surface area contributed by atoms with E-state index in [0.717, 1.165) is 11.1 Å². The highest BCUT2D eigenvalue weighted by Crippen LogP contribution is 2.33. The zero-order valence-electron chi connectivity index (χ0n) is 14.4. The molecule has 3 heterocycles. The number of pyridine rings is 1. The maximum Gasteiger partial charge on any atom is 0.335 e. The molecule has 3 aromatic rings. The molecule has 2 unspecified atom stereocenters. The van der Waals surface area contributed by atoms with Gasteiger partial charge in [-0.05, 0) is 36.2 Å². The van der Waals surface area contributed by atoms with Crippen LogP contribution in [0.15, 0.2) is 53.3 Å². The summed E-state index contributed by atoms with van der Waals surface area (Å²) in [6.07, 6.45) is 3.36. The first-order chi connectivity index (χ1) is 13.1. The Morgan fingerprint density at radius 2 is 2.07 bits per heavy atom. The lowest BCUT2D eigenvalue weighted by Crippen LogP contribution is -2.24. The number of aliphatic hydroxyl groups excluding tert-OH is 1. The van der Waals surface area contributed by atoms with Crippen LogP contribution in [0, 0.1) is 0 Å². The highest BCUT2D eigenvalue weighted by Gasteiger charge is 2.36. The zero-order valence-corrected chi connectivity index (χ0v) is 14.4. The van der Waals surface area contributed by atoms with E-state index in [-0.39, 0.29) is 11.6 Å². The van der Waals surface area contributed by atoms with Gasteiger partial charge in [0.25, 0.3) is 0 Å². The normalized spacial score (nSPS) is 20.0.